The molecule has 2 saturated heterocycles. The van der Waals surface area contributed by atoms with Gasteiger partial charge in [0.05, 0.1) is 0 Å². The molecule has 31 heavy (non-hydrogen) atoms. The van der Waals surface area contributed by atoms with Gasteiger partial charge >= 0.3 is 6.03 Å². The molecular weight excluding hydrogens is 406 g/mol. The normalized spacial score (nSPS) is 21.6. The van der Waals surface area contributed by atoms with Crippen LogP contribution in [0.2, 0.25) is 0 Å². The van der Waals surface area contributed by atoms with Crippen molar-refractivity contribution >= 4 is 23.3 Å². The van der Waals surface area contributed by atoms with E-state index in [4.69, 9.17) is 0 Å². The minimum atomic E-state index is -0.665. The lowest BCUT2D eigenvalue weighted by atomic mass is 9.85. The minimum Gasteiger partial charge on any atom is -0.309 e. The fourth-order valence-corrected chi connectivity index (χ4v) is 6.26. The third-order valence-corrected chi connectivity index (χ3v) is 7.91. The molecule has 0 bridgehead atoms. The number of thiophene rings is 1. The van der Waals surface area contributed by atoms with Gasteiger partial charge < -0.3 is 4.90 Å². The molecule has 2 fully saturated rings. The summed E-state index contributed by atoms with van der Waals surface area (Å²) in [6.45, 7) is 7.53. The zero-order chi connectivity index (χ0) is 21.6. The van der Waals surface area contributed by atoms with Crippen LogP contribution in [0.25, 0.3) is 0 Å². The number of imide groups is 1. The molecule has 2 aliphatic heterocycles. The molecule has 1 spiro atoms. The Morgan fingerprint density at radius 2 is 1.74 bits per heavy atom. The van der Waals surface area contributed by atoms with Crippen LogP contribution in [0.4, 0.5) is 4.79 Å². The van der Waals surface area contributed by atoms with Crippen LogP contribution in [0.15, 0.2) is 41.1 Å². The Kier molecular flexibility index (Phi) is 5.39. The predicted octanol–water partition coefficient (Wildman–Crippen LogP) is 4.17. The van der Waals surface area contributed by atoms with Crippen molar-refractivity contribution in [2.24, 2.45) is 5.92 Å². The molecule has 3 aliphatic rings. The number of fused-ring (bicyclic) bond motifs is 1. The Morgan fingerprint density at radius 1 is 1.06 bits per heavy atom. The zero-order valence-corrected chi connectivity index (χ0v) is 19.2. The van der Waals surface area contributed by atoms with Crippen molar-refractivity contribution in [2.45, 2.75) is 57.7 Å². The van der Waals surface area contributed by atoms with Crippen molar-refractivity contribution < 1.29 is 9.59 Å². The third-order valence-electron chi connectivity index (χ3n) is 7.18. The highest BCUT2D eigenvalue weighted by Crippen LogP contribution is 2.41. The van der Waals surface area contributed by atoms with Crippen LogP contribution in [0.3, 0.4) is 0 Å². The van der Waals surface area contributed by atoms with Gasteiger partial charge in [-0.1, -0.05) is 38.1 Å². The second kappa shape index (κ2) is 8.06. The lowest BCUT2D eigenvalue weighted by Gasteiger charge is -2.42. The first-order valence-electron chi connectivity index (χ1n) is 11.4. The summed E-state index contributed by atoms with van der Waals surface area (Å²) in [5.41, 5.74) is 3.21. The maximum Gasteiger partial charge on any atom is 0.327 e. The molecule has 0 unspecified atom stereocenters. The number of carbonyl (C=O) groups is 2. The van der Waals surface area contributed by atoms with Gasteiger partial charge in [0.25, 0.3) is 5.91 Å². The summed E-state index contributed by atoms with van der Waals surface area (Å²) >= 11 is 1.72. The molecule has 1 aromatic carbocycles. The topological polar surface area (TPSA) is 43.9 Å². The predicted molar refractivity (Wildman–Crippen MR) is 123 cm³/mol. The Morgan fingerprint density at radius 3 is 2.32 bits per heavy atom. The molecule has 1 aromatic heterocycles. The van der Waals surface area contributed by atoms with E-state index in [1.807, 2.05) is 17.0 Å². The van der Waals surface area contributed by atoms with Gasteiger partial charge in [0.2, 0.25) is 0 Å². The van der Waals surface area contributed by atoms with Gasteiger partial charge in [-0.2, -0.15) is 11.3 Å². The summed E-state index contributed by atoms with van der Waals surface area (Å²) in [4.78, 5) is 33.5. The summed E-state index contributed by atoms with van der Waals surface area (Å²) < 4.78 is 0. The number of rotatable bonds is 5. The van der Waals surface area contributed by atoms with Crippen LogP contribution in [-0.4, -0.2) is 57.9 Å². The first-order chi connectivity index (χ1) is 15.0. The Labute approximate surface area is 188 Å². The quantitative estimate of drug-likeness (QED) is 0.660. The molecule has 6 heteroatoms. The maximum atomic E-state index is 13.9. The van der Waals surface area contributed by atoms with E-state index in [2.05, 4.69) is 47.7 Å². The standard InChI is InChI=1S/C25H31N3O2S/c1-18(2)15-27-24(30)28(22-13-20-5-3-4-6-21(20)14-22)23(29)25(27)8-10-26(11-9-25)16-19-7-12-31-17-19/h3-7,12,17-18,22H,8-11,13-16H2,1-2H3. The summed E-state index contributed by atoms with van der Waals surface area (Å²) in [5.74, 6) is 0.379. The van der Waals surface area contributed by atoms with E-state index in [-0.39, 0.29) is 18.0 Å². The third kappa shape index (κ3) is 3.60. The second-order valence-corrected chi connectivity index (χ2v) is 10.5. The van der Waals surface area contributed by atoms with Crippen LogP contribution >= 0.6 is 11.3 Å². The molecular formula is C25H31N3O2S. The van der Waals surface area contributed by atoms with E-state index >= 15 is 0 Å². The summed E-state index contributed by atoms with van der Waals surface area (Å²) in [7, 11) is 0. The van der Waals surface area contributed by atoms with Crippen molar-refractivity contribution in [3.8, 4) is 0 Å². The average molecular weight is 438 g/mol. The number of carbonyl (C=O) groups excluding carboxylic acids is 2. The van der Waals surface area contributed by atoms with Crippen LogP contribution in [0, 0.1) is 5.92 Å². The highest BCUT2D eigenvalue weighted by Gasteiger charge is 2.59. The number of urea groups is 1. The van der Waals surface area contributed by atoms with Crippen LogP contribution in [0.1, 0.15) is 43.4 Å². The second-order valence-electron chi connectivity index (χ2n) is 9.73. The molecule has 0 radical (unpaired) electrons. The van der Waals surface area contributed by atoms with Gasteiger partial charge in [-0.05, 0) is 65.1 Å². The molecule has 0 N–H and O–H groups in total. The van der Waals surface area contributed by atoms with E-state index in [1.54, 1.807) is 16.2 Å². The molecule has 5 nitrogen and oxygen atoms in total. The Hall–Kier alpha value is -2.18. The number of likely N-dealkylation sites (tertiary alicyclic amines) is 1. The number of hydrogen-bond donors (Lipinski definition) is 0. The summed E-state index contributed by atoms with van der Waals surface area (Å²) in [5, 5.41) is 4.31. The van der Waals surface area contributed by atoms with E-state index in [9.17, 15) is 9.59 Å². The average Bonchev–Trinajstić information content (AvgIpc) is 3.45. The molecule has 164 valence electrons. The minimum absolute atomic E-state index is 0.0460. The van der Waals surface area contributed by atoms with Gasteiger partial charge in [0, 0.05) is 32.2 Å². The molecule has 1 aliphatic carbocycles. The van der Waals surface area contributed by atoms with Gasteiger partial charge in [0.15, 0.2) is 0 Å². The van der Waals surface area contributed by atoms with Crippen molar-refractivity contribution in [3.05, 3.63) is 57.8 Å². The SMILES string of the molecule is CC(C)CN1C(=O)N(C2Cc3ccccc3C2)C(=O)C12CCN(Cc1ccsc1)CC2. The van der Waals surface area contributed by atoms with Gasteiger partial charge in [-0.25, -0.2) is 4.79 Å². The van der Waals surface area contributed by atoms with Crippen LogP contribution in [0.5, 0.6) is 0 Å². The van der Waals surface area contributed by atoms with Crippen LogP contribution < -0.4 is 0 Å². The fourth-order valence-electron chi connectivity index (χ4n) is 5.60. The highest BCUT2D eigenvalue weighted by molar-refractivity contribution is 7.07. The lowest BCUT2D eigenvalue weighted by Crippen LogP contribution is -2.57. The number of benzene rings is 1. The van der Waals surface area contributed by atoms with Crippen molar-refractivity contribution in [1.29, 1.82) is 0 Å². The summed E-state index contributed by atoms with van der Waals surface area (Å²) in [6.07, 6.45) is 3.02. The largest absolute Gasteiger partial charge is 0.327 e. The van der Waals surface area contributed by atoms with Crippen molar-refractivity contribution in [1.82, 2.24) is 14.7 Å². The molecule has 3 heterocycles. The summed E-state index contributed by atoms with van der Waals surface area (Å²) in [6, 6.07) is 10.4. The van der Waals surface area contributed by atoms with E-state index in [0.717, 1.165) is 45.3 Å². The van der Waals surface area contributed by atoms with E-state index in [1.165, 1.54) is 16.7 Å². The monoisotopic (exact) mass is 437 g/mol. The lowest BCUT2D eigenvalue weighted by molar-refractivity contribution is -0.137. The molecule has 0 atom stereocenters. The smallest absolute Gasteiger partial charge is 0.309 e. The highest BCUT2D eigenvalue weighted by atomic mass is 32.1. The molecule has 2 aromatic rings. The van der Waals surface area contributed by atoms with Crippen molar-refractivity contribution in [2.75, 3.05) is 19.6 Å². The Balaban J connectivity index is 1.37. The van der Waals surface area contributed by atoms with E-state index < -0.39 is 5.54 Å². The van der Waals surface area contributed by atoms with Crippen molar-refractivity contribution in [3.63, 3.8) is 0 Å². The number of nitrogens with zero attached hydrogens (tertiary/aromatic N) is 3. The Bertz CT molecular complexity index is 938. The van der Waals surface area contributed by atoms with E-state index in [0.29, 0.717) is 12.5 Å². The van der Waals surface area contributed by atoms with Crippen LogP contribution in [-0.2, 0) is 24.2 Å². The molecule has 5 rings (SSSR count). The zero-order valence-electron chi connectivity index (χ0n) is 18.4. The fraction of sp³-hybridized carbons (Fsp3) is 0.520. The number of amides is 3. The molecule has 3 amide bonds. The maximum absolute atomic E-state index is 13.9. The first kappa shape index (κ1) is 20.7. The first-order valence-corrected chi connectivity index (χ1v) is 12.4. The number of piperidine rings is 1. The van der Waals surface area contributed by atoms with Gasteiger partial charge in [-0.15, -0.1) is 0 Å². The van der Waals surface area contributed by atoms with Gasteiger partial charge in [-0.3, -0.25) is 14.6 Å². The molecule has 0 saturated carbocycles. The van der Waals surface area contributed by atoms with Gasteiger partial charge in [0.1, 0.15) is 5.54 Å². The number of hydrogen-bond acceptors (Lipinski definition) is 4.